The van der Waals surface area contributed by atoms with Gasteiger partial charge in [0.1, 0.15) is 18.4 Å². The highest BCUT2D eigenvalue weighted by molar-refractivity contribution is 6.39. The van der Waals surface area contributed by atoms with Gasteiger partial charge in [0.25, 0.3) is 11.8 Å². The van der Waals surface area contributed by atoms with Gasteiger partial charge < -0.3 is 14.5 Å². The number of anilines is 1. The van der Waals surface area contributed by atoms with Crippen molar-refractivity contribution in [2.75, 3.05) is 31.1 Å². The van der Waals surface area contributed by atoms with Crippen LogP contribution in [0.25, 0.3) is 0 Å². The van der Waals surface area contributed by atoms with Crippen molar-refractivity contribution in [2.45, 2.75) is 38.5 Å². The van der Waals surface area contributed by atoms with Crippen LogP contribution in [0.1, 0.15) is 37.0 Å². The fourth-order valence-corrected chi connectivity index (χ4v) is 4.46. The Morgan fingerprint density at radius 2 is 2.19 bits per heavy atom. The van der Waals surface area contributed by atoms with Gasteiger partial charge in [0, 0.05) is 24.6 Å². The molecule has 4 aliphatic rings. The van der Waals surface area contributed by atoms with Crippen molar-refractivity contribution in [3.05, 3.63) is 41.9 Å². The Morgan fingerprint density at radius 3 is 3.00 bits per heavy atom. The first-order valence-corrected chi connectivity index (χ1v) is 10.5. The van der Waals surface area contributed by atoms with Gasteiger partial charge in [0.2, 0.25) is 0 Å². The molecule has 162 valence electrons. The number of ether oxygens (including phenoxy) is 1. The molecule has 5 rings (SSSR count). The Morgan fingerprint density at radius 1 is 1.35 bits per heavy atom. The van der Waals surface area contributed by atoms with Crippen molar-refractivity contribution in [1.82, 2.24) is 14.8 Å². The molecule has 0 saturated carbocycles. The van der Waals surface area contributed by atoms with Crippen LogP contribution < -0.4 is 9.64 Å². The summed E-state index contributed by atoms with van der Waals surface area (Å²) in [5, 5.41) is 0. The van der Waals surface area contributed by atoms with Gasteiger partial charge in [-0.1, -0.05) is 0 Å². The van der Waals surface area contributed by atoms with Crippen LogP contribution in [0, 0.1) is 0 Å². The Hall–Kier alpha value is -3.23. The molecule has 1 fully saturated rings. The number of rotatable bonds is 2. The number of nitrogens with zero attached hydrogens (tertiary/aromatic N) is 5. The lowest BCUT2D eigenvalue weighted by molar-refractivity contribution is -0.121. The number of hydrogen-bond acceptors (Lipinski definition) is 6. The van der Waals surface area contributed by atoms with Gasteiger partial charge >= 0.3 is 0 Å². The molecule has 0 spiro atoms. The highest BCUT2D eigenvalue weighted by atomic mass is 19.1. The van der Waals surface area contributed by atoms with Crippen LogP contribution in [0.5, 0.6) is 5.75 Å². The van der Waals surface area contributed by atoms with Crippen molar-refractivity contribution >= 4 is 23.3 Å². The molecule has 0 bridgehead atoms. The molecule has 0 N–H and O–H groups in total. The molecule has 31 heavy (non-hydrogen) atoms. The van der Waals surface area contributed by atoms with Crippen LogP contribution in [-0.4, -0.2) is 70.4 Å². The summed E-state index contributed by atoms with van der Waals surface area (Å²) < 4.78 is 20.2. The second kappa shape index (κ2) is 7.18. The topological polar surface area (TPSA) is 78.3 Å². The van der Waals surface area contributed by atoms with Crippen LogP contribution in [-0.2, 0) is 4.79 Å². The van der Waals surface area contributed by atoms with Gasteiger partial charge in [-0.15, -0.1) is 0 Å². The van der Waals surface area contributed by atoms with Crippen LogP contribution in [0.3, 0.4) is 0 Å². The summed E-state index contributed by atoms with van der Waals surface area (Å²) in [6, 6.07) is 1.68. The zero-order valence-electron chi connectivity index (χ0n) is 17.5. The number of aliphatic imine (C=N–C) groups is 1. The SMILES string of the molecule is CC1=NC2C=C(N3CCOc4cc(C(=O)N5CCCC(C)(F)C5)cnc43)C=CN2C1=O. The first kappa shape index (κ1) is 19.7. The molecule has 5 heterocycles. The average Bonchev–Trinajstić information content (AvgIpc) is 3.04. The minimum Gasteiger partial charge on any atom is -0.488 e. The molecule has 2 unspecified atom stereocenters. The van der Waals surface area contributed by atoms with Gasteiger partial charge in [-0.3, -0.25) is 19.5 Å². The molecule has 8 nitrogen and oxygen atoms in total. The molecule has 1 aromatic heterocycles. The summed E-state index contributed by atoms with van der Waals surface area (Å²) in [5.74, 6) is 0.783. The molecule has 0 aliphatic carbocycles. The standard InChI is InChI=1S/C22H24FN5O3/c1-14-20(29)28-7-4-16(11-18(28)25-14)27-8-9-31-17-10-15(12-24-19(17)27)21(30)26-6-3-5-22(2,23)13-26/h4,7,10-12,18H,3,5-6,8-9,13H2,1-2H3. The predicted octanol–water partition coefficient (Wildman–Crippen LogP) is 2.29. The summed E-state index contributed by atoms with van der Waals surface area (Å²) in [7, 11) is 0. The highest BCUT2D eigenvalue weighted by Gasteiger charge is 2.35. The maximum atomic E-state index is 14.4. The largest absolute Gasteiger partial charge is 0.488 e. The predicted molar refractivity (Wildman–Crippen MR) is 113 cm³/mol. The van der Waals surface area contributed by atoms with E-state index in [1.807, 2.05) is 17.1 Å². The molecule has 4 aliphatic heterocycles. The van der Waals surface area contributed by atoms with E-state index in [1.165, 1.54) is 13.1 Å². The van der Waals surface area contributed by atoms with Crippen molar-refractivity contribution in [3.8, 4) is 5.75 Å². The zero-order chi connectivity index (χ0) is 21.8. The van der Waals surface area contributed by atoms with Gasteiger partial charge in [-0.2, -0.15) is 0 Å². The van der Waals surface area contributed by atoms with Crippen molar-refractivity contribution in [1.29, 1.82) is 0 Å². The minimum atomic E-state index is -1.36. The molecule has 2 atom stereocenters. The molecular formula is C22H24FN5O3. The lowest BCUT2D eigenvalue weighted by atomic mass is 9.96. The van der Waals surface area contributed by atoms with Crippen molar-refractivity contribution < 1.29 is 18.7 Å². The van der Waals surface area contributed by atoms with E-state index in [2.05, 4.69) is 9.98 Å². The number of likely N-dealkylation sites (tertiary alicyclic amines) is 1. The lowest BCUT2D eigenvalue weighted by Crippen LogP contribution is -2.46. The number of amides is 2. The molecule has 1 saturated heterocycles. The first-order valence-electron chi connectivity index (χ1n) is 10.5. The van der Waals surface area contributed by atoms with E-state index in [1.54, 1.807) is 29.0 Å². The third-order valence-electron chi connectivity index (χ3n) is 6.03. The molecule has 9 heteroatoms. The summed E-state index contributed by atoms with van der Waals surface area (Å²) >= 11 is 0. The zero-order valence-corrected chi connectivity index (χ0v) is 17.5. The van der Waals surface area contributed by atoms with Crippen LogP contribution in [0.4, 0.5) is 10.2 Å². The third-order valence-corrected chi connectivity index (χ3v) is 6.03. The third kappa shape index (κ3) is 3.47. The van der Waals surface area contributed by atoms with E-state index in [-0.39, 0.29) is 24.5 Å². The molecule has 2 amide bonds. The normalized spacial score (nSPS) is 27.4. The number of fused-ring (bicyclic) bond motifs is 2. The van der Waals surface area contributed by atoms with Gasteiger partial charge in [-0.05, 0) is 44.9 Å². The Balaban J connectivity index is 1.40. The monoisotopic (exact) mass is 425 g/mol. The second-order valence-electron chi connectivity index (χ2n) is 8.54. The smallest absolute Gasteiger partial charge is 0.273 e. The van der Waals surface area contributed by atoms with E-state index in [9.17, 15) is 14.0 Å². The number of alkyl halides is 1. The second-order valence-corrected chi connectivity index (χ2v) is 8.54. The van der Waals surface area contributed by atoms with Gasteiger partial charge in [0.05, 0.1) is 24.4 Å². The Labute approximate surface area is 179 Å². The van der Waals surface area contributed by atoms with E-state index in [0.29, 0.717) is 55.4 Å². The highest BCUT2D eigenvalue weighted by Crippen LogP contribution is 2.35. The molecule has 0 radical (unpaired) electrons. The van der Waals surface area contributed by atoms with E-state index < -0.39 is 5.67 Å². The van der Waals surface area contributed by atoms with Gasteiger partial charge in [0.15, 0.2) is 11.6 Å². The Kier molecular flexibility index (Phi) is 4.56. The van der Waals surface area contributed by atoms with Crippen LogP contribution in [0.2, 0.25) is 0 Å². The summed E-state index contributed by atoms with van der Waals surface area (Å²) in [6.45, 7) is 4.88. The number of carbonyl (C=O) groups is 2. The van der Waals surface area contributed by atoms with Crippen molar-refractivity contribution in [3.63, 3.8) is 0 Å². The quantitative estimate of drug-likeness (QED) is 0.727. The summed E-state index contributed by atoms with van der Waals surface area (Å²) in [6.07, 6.45) is 7.79. The fraction of sp³-hybridized carbons (Fsp3) is 0.455. The average molecular weight is 425 g/mol. The fourth-order valence-electron chi connectivity index (χ4n) is 4.46. The van der Waals surface area contributed by atoms with Crippen LogP contribution >= 0.6 is 0 Å². The molecule has 0 aromatic carbocycles. The van der Waals surface area contributed by atoms with Crippen molar-refractivity contribution in [2.24, 2.45) is 4.99 Å². The number of pyridine rings is 1. The summed E-state index contributed by atoms with van der Waals surface area (Å²) in [4.78, 5) is 39.1. The number of carbonyl (C=O) groups excluding carboxylic acids is 2. The number of piperidine rings is 1. The summed E-state index contributed by atoms with van der Waals surface area (Å²) in [5.41, 5.74) is 0.379. The number of allylic oxidation sites excluding steroid dienone is 1. The maximum absolute atomic E-state index is 14.4. The van der Waals surface area contributed by atoms with Crippen LogP contribution in [0.15, 0.2) is 41.3 Å². The molecular weight excluding hydrogens is 401 g/mol. The van der Waals surface area contributed by atoms with E-state index in [4.69, 9.17) is 4.74 Å². The van der Waals surface area contributed by atoms with E-state index in [0.717, 1.165) is 5.70 Å². The van der Waals surface area contributed by atoms with E-state index >= 15 is 0 Å². The minimum absolute atomic E-state index is 0.0874. The number of hydrogen-bond donors (Lipinski definition) is 0. The maximum Gasteiger partial charge on any atom is 0.273 e. The lowest BCUT2D eigenvalue weighted by Gasteiger charge is -2.36. The number of halogens is 1. The van der Waals surface area contributed by atoms with Gasteiger partial charge in [-0.25, -0.2) is 9.37 Å². The molecule has 1 aromatic rings. The first-order chi connectivity index (χ1) is 14.8. The Bertz CT molecular complexity index is 1050. The number of aromatic nitrogens is 1.